The van der Waals surface area contributed by atoms with Crippen LogP contribution in [0, 0.1) is 13.8 Å². The third-order valence-electron chi connectivity index (χ3n) is 5.21. The standard InChI is InChI=1S/C23H23N3O2/c1-14-4-6-16(7-5-14)17-12-20-22(21(27)13-17)15(2)24-23(26-20)25-18-8-10-19(28-3)11-9-18/h4-11,17H,12-13H2,1-3H3,(H,24,25,26)/t17-/m0/s1. The number of hydrogen-bond donors (Lipinski definition) is 1. The number of fused-ring (bicyclic) bond motifs is 1. The molecule has 1 aromatic heterocycles. The molecule has 142 valence electrons. The van der Waals surface area contributed by atoms with Crippen LogP contribution in [0.15, 0.2) is 48.5 Å². The Balaban J connectivity index is 1.63. The van der Waals surface area contributed by atoms with Gasteiger partial charge in [0, 0.05) is 12.1 Å². The molecule has 4 rings (SSSR count). The first-order chi connectivity index (χ1) is 13.5. The highest BCUT2D eigenvalue weighted by Gasteiger charge is 2.29. The van der Waals surface area contributed by atoms with E-state index in [1.54, 1.807) is 7.11 Å². The van der Waals surface area contributed by atoms with Gasteiger partial charge in [0.1, 0.15) is 5.75 Å². The van der Waals surface area contributed by atoms with E-state index in [4.69, 9.17) is 4.74 Å². The number of nitrogens with one attached hydrogen (secondary N) is 1. The van der Waals surface area contributed by atoms with Crippen molar-refractivity contribution in [1.29, 1.82) is 0 Å². The van der Waals surface area contributed by atoms with Gasteiger partial charge in [0.2, 0.25) is 5.95 Å². The van der Waals surface area contributed by atoms with Crippen LogP contribution in [-0.4, -0.2) is 22.9 Å². The Labute approximate surface area is 164 Å². The van der Waals surface area contributed by atoms with Crippen molar-refractivity contribution >= 4 is 17.4 Å². The summed E-state index contributed by atoms with van der Waals surface area (Å²) in [6, 6.07) is 16.0. The third-order valence-corrected chi connectivity index (χ3v) is 5.21. The van der Waals surface area contributed by atoms with E-state index in [1.165, 1.54) is 11.1 Å². The SMILES string of the molecule is COc1ccc(Nc2nc(C)c3c(n2)C[C@H](c2ccc(C)cc2)CC3=O)cc1. The lowest BCUT2D eigenvalue weighted by Crippen LogP contribution is -2.22. The second-order valence-corrected chi connectivity index (χ2v) is 7.25. The van der Waals surface area contributed by atoms with Crippen molar-refractivity contribution in [1.82, 2.24) is 9.97 Å². The minimum absolute atomic E-state index is 0.125. The Hall–Kier alpha value is -3.21. The van der Waals surface area contributed by atoms with E-state index >= 15 is 0 Å². The van der Waals surface area contributed by atoms with Crippen LogP contribution < -0.4 is 10.1 Å². The van der Waals surface area contributed by atoms with Crippen molar-refractivity contribution in [2.24, 2.45) is 0 Å². The monoisotopic (exact) mass is 373 g/mol. The molecule has 2 aromatic carbocycles. The Morgan fingerprint density at radius 3 is 2.36 bits per heavy atom. The Kier molecular flexibility index (Phi) is 4.82. The van der Waals surface area contributed by atoms with E-state index in [0.29, 0.717) is 17.9 Å². The van der Waals surface area contributed by atoms with Crippen LogP contribution in [0.4, 0.5) is 11.6 Å². The fourth-order valence-electron chi connectivity index (χ4n) is 3.71. The topological polar surface area (TPSA) is 64.1 Å². The Bertz CT molecular complexity index is 1010. The molecular formula is C23H23N3O2. The maximum atomic E-state index is 12.8. The van der Waals surface area contributed by atoms with Crippen molar-refractivity contribution < 1.29 is 9.53 Å². The summed E-state index contributed by atoms with van der Waals surface area (Å²) >= 11 is 0. The van der Waals surface area contributed by atoms with Crippen molar-refractivity contribution in [3.8, 4) is 5.75 Å². The molecule has 0 fully saturated rings. The molecule has 0 aliphatic heterocycles. The van der Waals surface area contributed by atoms with Crippen LogP contribution in [0.3, 0.4) is 0 Å². The number of hydrogen-bond acceptors (Lipinski definition) is 5. The van der Waals surface area contributed by atoms with Crippen molar-refractivity contribution in [3.63, 3.8) is 0 Å². The number of methoxy groups -OCH3 is 1. The van der Waals surface area contributed by atoms with E-state index in [-0.39, 0.29) is 11.7 Å². The summed E-state index contributed by atoms with van der Waals surface area (Å²) in [5, 5.41) is 3.23. The molecule has 28 heavy (non-hydrogen) atoms. The van der Waals surface area contributed by atoms with Gasteiger partial charge < -0.3 is 10.1 Å². The van der Waals surface area contributed by atoms with E-state index in [9.17, 15) is 4.79 Å². The first-order valence-corrected chi connectivity index (χ1v) is 9.42. The fraction of sp³-hybridized carbons (Fsp3) is 0.261. The number of rotatable bonds is 4. The minimum atomic E-state index is 0.125. The number of Topliss-reactive ketones (excluding diaryl/α,β-unsaturated/α-hetero) is 1. The van der Waals surface area contributed by atoms with Gasteiger partial charge in [0.25, 0.3) is 0 Å². The molecule has 1 heterocycles. The molecule has 0 saturated heterocycles. The normalized spacial score (nSPS) is 15.8. The number of carbonyl (C=O) groups is 1. The number of benzene rings is 2. The summed E-state index contributed by atoms with van der Waals surface area (Å²) in [5.74, 6) is 1.59. The summed E-state index contributed by atoms with van der Waals surface area (Å²) in [7, 11) is 1.64. The average molecular weight is 373 g/mol. The zero-order valence-corrected chi connectivity index (χ0v) is 16.3. The Morgan fingerprint density at radius 2 is 1.68 bits per heavy atom. The first kappa shape index (κ1) is 18.2. The predicted octanol–water partition coefficient (Wildman–Crippen LogP) is 4.76. The maximum absolute atomic E-state index is 12.8. The first-order valence-electron chi connectivity index (χ1n) is 9.42. The molecule has 1 atom stereocenters. The molecule has 1 aliphatic rings. The van der Waals surface area contributed by atoms with Gasteiger partial charge in [0.05, 0.1) is 24.1 Å². The molecule has 0 spiro atoms. The van der Waals surface area contributed by atoms with Gasteiger partial charge in [-0.15, -0.1) is 0 Å². The molecule has 0 saturated carbocycles. The van der Waals surface area contributed by atoms with Gasteiger partial charge in [-0.3, -0.25) is 4.79 Å². The quantitative estimate of drug-likeness (QED) is 0.714. The molecule has 5 nitrogen and oxygen atoms in total. The largest absolute Gasteiger partial charge is 0.497 e. The number of carbonyl (C=O) groups excluding carboxylic acids is 1. The molecule has 1 aliphatic carbocycles. The molecule has 3 aromatic rings. The van der Waals surface area contributed by atoms with Gasteiger partial charge in [-0.25, -0.2) is 9.97 Å². The highest BCUT2D eigenvalue weighted by atomic mass is 16.5. The highest BCUT2D eigenvalue weighted by molar-refractivity contribution is 5.99. The smallest absolute Gasteiger partial charge is 0.227 e. The number of anilines is 2. The zero-order valence-electron chi connectivity index (χ0n) is 16.3. The summed E-state index contributed by atoms with van der Waals surface area (Å²) in [5.41, 5.74) is 5.51. The van der Waals surface area contributed by atoms with Crippen molar-refractivity contribution in [3.05, 3.63) is 76.6 Å². The molecule has 0 unspecified atom stereocenters. The van der Waals surface area contributed by atoms with Gasteiger partial charge in [-0.05, 0) is 56.0 Å². The highest BCUT2D eigenvalue weighted by Crippen LogP contribution is 2.33. The minimum Gasteiger partial charge on any atom is -0.497 e. The third kappa shape index (κ3) is 3.60. The molecule has 5 heteroatoms. The lowest BCUT2D eigenvalue weighted by Gasteiger charge is -2.24. The molecule has 0 bridgehead atoms. The van der Waals surface area contributed by atoms with E-state index in [2.05, 4.69) is 46.5 Å². The summed E-state index contributed by atoms with van der Waals surface area (Å²) in [4.78, 5) is 22.0. The maximum Gasteiger partial charge on any atom is 0.227 e. The lowest BCUT2D eigenvalue weighted by molar-refractivity contribution is 0.0962. The number of ketones is 1. The van der Waals surface area contributed by atoms with Gasteiger partial charge in [0.15, 0.2) is 5.78 Å². The number of ether oxygens (including phenoxy) is 1. The van der Waals surface area contributed by atoms with Crippen LogP contribution in [0.25, 0.3) is 0 Å². The number of aromatic nitrogens is 2. The van der Waals surface area contributed by atoms with Gasteiger partial charge in [-0.1, -0.05) is 29.8 Å². The van der Waals surface area contributed by atoms with Crippen molar-refractivity contribution in [2.45, 2.75) is 32.6 Å². The summed E-state index contributed by atoms with van der Waals surface area (Å²) in [6.45, 7) is 3.95. The molecular weight excluding hydrogens is 350 g/mol. The second kappa shape index (κ2) is 7.43. The molecule has 0 radical (unpaired) electrons. The Morgan fingerprint density at radius 1 is 0.964 bits per heavy atom. The van der Waals surface area contributed by atoms with E-state index in [1.807, 2.05) is 31.2 Å². The van der Waals surface area contributed by atoms with Gasteiger partial charge in [-0.2, -0.15) is 0 Å². The molecule has 1 N–H and O–H groups in total. The zero-order chi connectivity index (χ0) is 19.7. The van der Waals surface area contributed by atoms with Gasteiger partial charge >= 0.3 is 0 Å². The van der Waals surface area contributed by atoms with Crippen molar-refractivity contribution in [2.75, 3.05) is 12.4 Å². The van der Waals surface area contributed by atoms with Crippen LogP contribution in [-0.2, 0) is 6.42 Å². The molecule has 0 amide bonds. The number of nitrogens with zero attached hydrogens (tertiary/aromatic N) is 2. The van der Waals surface area contributed by atoms with Crippen LogP contribution in [0.2, 0.25) is 0 Å². The lowest BCUT2D eigenvalue weighted by atomic mass is 9.81. The van der Waals surface area contributed by atoms with E-state index < -0.39 is 0 Å². The average Bonchev–Trinajstić information content (AvgIpc) is 2.68. The summed E-state index contributed by atoms with van der Waals surface area (Å²) in [6.07, 6.45) is 1.25. The fourth-order valence-corrected chi connectivity index (χ4v) is 3.71. The summed E-state index contributed by atoms with van der Waals surface area (Å²) < 4.78 is 5.19. The van der Waals surface area contributed by atoms with Crippen LogP contribution in [0.1, 0.15) is 45.2 Å². The van der Waals surface area contributed by atoms with E-state index in [0.717, 1.165) is 29.2 Å². The number of aryl methyl sites for hydroxylation is 2. The van der Waals surface area contributed by atoms with Crippen LogP contribution in [0.5, 0.6) is 5.75 Å². The second-order valence-electron chi connectivity index (χ2n) is 7.25. The predicted molar refractivity (Wildman–Crippen MR) is 110 cm³/mol. The van der Waals surface area contributed by atoms with Crippen LogP contribution >= 0.6 is 0 Å².